The molecule has 0 saturated carbocycles. The van der Waals surface area contributed by atoms with Gasteiger partial charge in [-0.1, -0.05) is 12.1 Å². The van der Waals surface area contributed by atoms with Gasteiger partial charge in [-0.05, 0) is 64.5 Å². The van der Waals surface area contributed by atoms with Crippen LogP contribution in [0.1, 0.15) is 25.3 Å². The molecule has 0 aliphatic carbocycles. The van der Waals surface area contributed by atoms with E-state index in [1.165, 1.54) is 5.56 Å². The summed E-state index contributed by atoms with van der Waals surface area (Å²) in [5, 5.41) is 0. The summed E-state index contributed by atoms with van der Waals surface area (Å²) in [6.45, 7) is 6.92. The van der Waals surface area contributed by atoms with Crippen molar-refractivity contribution in [3.05, 3.63) is 29.8 Å². The van der Waals surface area contributed by atoms with Gasteiger partial charge in [0.2, 0.25) is 5.91 Å². The Labute approximate surface area is 116 Å². The molecule has 1 heterocycles. The van der Waals surface area contributed by atoms with E-state index in [0.717, 1.165) is 38.2 Å². The van der Waals surface area contributed by atoms with Gasteiger partial charge in [-0.15, -0.1) is 0 Å². The summed E-state index contributed by atoms with van der Waals surface area (Å²) >= 11 is 0. The number of anilines is 1. The molecular weight excluding hydrogens is 236 g/mol. The number of hydrogen-bond acceptors (Lipinski definition) is 2. The average Bonchev–Trinajstić information content (AvgIpc) is 2.40. The van der Waals surface area contributed by atoms with Crippen LogP contribution in [-0.4, -0.2) is 37.5 Å². The third kappa shape index (κ3) is 3.35. The smallest absolute Gasteiger partial charge is 0.230 e. The van der Waals surface area contributed by atoms with E-state index in [9.17, 15) is 4.79 Å². The second kappa shape index (κ2) is 6.20. The lowest BCUT2D eigenvalue weighted by Crippen LogP contribution is -2.41. The maximum absolute atomic E-state index is 12.7. The quantitative estimate of drug-likeness (QED) is 0.834. The van der Waals surface area contributed by atoms with Crippen molar-refractivity contribution in [1.82, 2.24) is 4.90 Å². The minimum atomic E-state index is 0.191. The summed E-state index contributed by atoms with van der Waals surface area (Å²) in [5.74, 6) is 0.484. The zero-order valence-electron chi connectivity index (χ0n) is 12.2. The monoisotopic (exact) mass is 260 g/mol. The molecule has 1 saturated heterocycles. The first kappa shape index (κ1) is 14.1. The third-order valence-electron chi connectivity index (χ3n) is 3.96. The number of likely N-dealkylation sites (tertiary alicyclic amines) is 1. The Morgan fingerprint density at radius 2 is 2.05 bits per heavy atom. The fraction of sp³-hybridized carbons (Fsp3) is 0.562. The highest BCUT2D eigenvalue weighted by Crippen LogP contribution is 2.23. The molecule has 19 heavy (non-hydrogen) atoms. The van der Waals surface area contributed by atoms with Crippen molar-refractivity contribution >= 4 is 11.6 Å². The van der Waals surface area contributed by atoms with E-state index in [1.807, 2.05) is 17.0 Å². The van der Waals surface area contributed by atoms with Crippen molar-refractivity contribution in [3.8, 4) is 0 Å². The Bertz CT molecular complexity index is 436. The summed E-state index contributed by atoms with van der Waals surface area (Å²) in [5.41, 5.74) is 2.23. The maximum Gasteiger partial charge on any atom is 0.230 e. The summed E-state index contributed by atoms with van der Waals surface area (Å²) in [7, 11) is 2.12. The number of piperidine rings is 1. The molecule has 3 nitrogen and oxygen atoms in total. The van der Waals surface area contributed by atoms with Gasteiger partial charge in [-0.2, -0.15) is 0 Å². The molecular formula is C16H24N2O. The summed E-state index contributed by atoms with van der Waals surface area (Å²) in [4.78, 5) is 16.9. The number of rotatable bonds is 3. The third-order valence-corrected chi connectivity index (χ3v) is 3.96. The highest BCUT2D eigenvalue weighted by atomic mass is 16.2. The molecule has 0 bridgehead atoms. The Hall–Kier alpha value is -1.35. The Balaban J connectivity index is 2.11. The molecule has 1 aliphatic rings. The Morgan fingerprint density at radius 1 is 1.37 bits per heavy atom. The van der Waals surface area contributed by atoms with Crippen LogP contribution < -0.4 is 4.90 Å². The van der Waals surface area contributed by atoms with E-state index in [1.54, 1.807) is 0 Å². The van der Waals surface area contributed by atoms with Gasteiger partial charge >= 0.3 is 0 Å². The molecule has 1 fully saturated rings. The van der Waals surface area contributed by atoms with Crippen molar-refractivity contribution in [3.63, 3.8) is 0 Å². The molecule has 0 spiro atoms. The van der Waals surface area contributed by atoms with Gasteiger partial charge in [-0.3, -0.25) is 4.79 Å². The van der Waals surface area contributed by atoms with Crippen LogP contribution in [0.15, 0.2) is 24.3 Å². The first-order valence-corrected chi connectivity index (χ1v) is 7.18. The van der Waals surface area contributed by atoms with Crippen molar-refractivity contribution in [2.24, 2.45) is 5.92 Å². The normalized spacial score (nSPS) is 17.4. The van der Waals surface area contributed by atoms with Crippen LogP contribution in [0.5, 0.6) is 0 Å². The van der Waals surface area contributed by atoms with E-state index < -0.39 is 0 Å². The summed E-state index contributed by atoms with van der Waals surface area (Å²) < 4.78 is 0. The van der Waals surface area contributed by atoms with Gasteiger partial charge in [0.25, 0.3) is 0 Å². The standard InChI is InChI=1S/C16H24N2O/c1-4-18(15-7-5-6-13(2)12-15)16(19)14-8-10-17(3)11-9-14/h5-7,12,14H,4,8-11H2,1-3H3. The van der Waals surface area contributed by atoms with Crippen molar-refractivity contribution in [1.29, 1.82) is 0 Å². The lowest BCUT2D eigenvalue weighted by atomic mass is 9.95. The molecule has 1 aromatic carbocycles. The molecule has 104 valence electrons. The predicted molar refractivity (Wildman–Crippen MR) is 79.4 cm³/mol. The number of carbonyl (C=O) groups excluding carboxylic acids is 1. The minimum absolute atomic E-state index is 0.191. The zero-order chi connectivity index (χ0) is 13.8. The molecule has 1 aliphatic heterocycles. The molecule has 0 N–H and O–H groups in total. The molecule has 1 aromatic rings. The van der Waals surface area contributed by atoms with Gasteiger partial charge in [0.15, 0.2) is 0 Å². The molecule has 0 aromatic heterocycles. The van der Waals surface area contributed by atoms with Crippen molar-refractivity contribution in [2.75, 3.05) is 31.6 Å². The predicted octanol–water partition coefficient (Wildman–Crippen LogP) is 2.69. The van der Waals surface area contributed by atoms with E-state index in [4.69, 9.17) is 0 Å². The average molecular weight is 260 g/mol. The van der Waals surface area contributed by atoms with Crippen LogP contribution in [0.25, 0.3) is 0 Å². The van der Waals surface area contributed by atoms with Gasteiger partial charge < -0.3 is 9.80 Å². The first-order chi connectivity index (χ1) is 9.11. The van der Waals surface area contributed by atoms with Crippen molar-refractivity contribution in [2.45, 2.75) is 26.7 Å². The van der Waals surface area contributed by atoms with Crippen LogP contribution in [0.2, 0.25) is 0 Å². The second-order valence-electron chi connectivity index (χ2n) is 5.50. The molecule has 0 atom stereocenters. The number of aryl methyl sites for hydroxylation is 1. The highest BCUT2D eigenvalue weighted by molar-refractivity contribution is 5.95. The van der Waals surface area contributed by atoms with E-state index >= 15 is 0 Å². The van der Waals surface area contributed by atoms with Crippen LogP contribution >= 0.6 is 0 Å². The largest absolute Gasteiger partial charge is 0.312 e. The maximum atomic E-state index is 12.7. The van der Waals surface area contributed by atoms with Crippen LogP contribution in [0, 0.1) is 12.8 Å². The number of carbonyl (C=O) groups is 1. The highest BCUT2D eigenvalue weighted by Gasteiger charge is 2.27. The lowest BCUT2D eigenvalue weighted by molar-refractivity contribution is -0.123. The number of hydrogen-bond donors (Lipinski definition) is 0. The summed E-state index contributed by atoms with van der Waals surface area (Å²) in [6.07, 6.45) is 1.97. The fourth-order valence-electron chi connectivity index (χ4n) is 2.74. The van der Waals surface area contributed by atoms with E-state index in [-0.39, 0.29) is 5.92 Å². The Kier molecular flexibility index (Phi) is 4.59. The van der Waals surface area contributed by atoms with E-state index in [0.29, 0.717) is 5.91 Å². The van der Waals surface area contributed by atoms with E-state index in [2.05, 4.69) is 37.9 Å². The second-order valence-corrected chi connectivity index (χ2v) is 5.50. The molecule has 3 heteroatoms. The SMILES string of the molecule is CCN(C(=O)C1CCN(C)CC1)c1cccc(C)c1. The van der Waals surface area contributed by atoms with Gasteiger partial charge in [0.05, 0.1) is 0 Å². The Morgan fingerprint density at radius 3 is 2.63 bits per heavy atom. The number of amides is 1. The number of nitrogens with zero attached hydrogens (tertiary/aromatic N) is 2. The summed E-state index contributed by atoms with van der Waals surface area (Å²) in [6, 6.07) is 8.21. The molecule has 0 unspecified atom stereocenters. The number of benzene rings is 1. The fourth-order valence-corrected chi connectivity index (χ4v) is 2.74. The van der Waals surface area contributed by atoms with Gasteiger partial charge in [0, 0.05) is 18.2 Å². The molecule has 1 amide bonds. The van der Waals surface area contributed by atoms with Crippen LogP contribution in [-0.2, 0) is 4.79 Å². The van der Waals surface area contributed by atoms with Crippen LogP contribution in [0.3, 0.4) is 0 Å². The minimum Gasteiger partial charge on any atom is -0.312 e. The van der Waals surface area contributed by atoms with Gasteiger partial charge in [-0.25, -0.2) is 0 Å². The van der Waals surface area contributed by atoms with Crippen LogP contribution in [0.4, 0.5) is 5.69 Å². The zero-order valence-corrected chi connectivity index (χ0v) is 12.2. The van der Waals surface area contributed by atoms with Gasteiger partial charge in [0.1, 0.15) is 0 Å². The molecule has 2 rings (SSSR count). The topological polar surface area (TPSA) is 23.6 Å². The first-order valence-electron chi connectivity index (χ1n) is 7.18. The lowest BCUT2D eigenvalue weighted by Gasteiger charge is -2.32. The van der Waals surface area contributed by atoms with Crippen molar-refractivity contribution < 1.29 is 4.79 Å². The molecule has 0 radical (unpaired) electrons.